The second kappa shape index (κ2) is 6.63. The van der Waals surface area contributed by atoms with Crippen LogP contribution in [-0.2, 0) is 6.42 Å². The molecule has 5 nitrogen and oxygen atoms in total. The highest BCUT2D eigenvalue weighted by Crippen LogP contribution is 2.16. The van der Waals surface area contributed by atoms with Crippen LogP contribution in [0.2, 0.25) is 0 Å². The van der Waals surface area contributed by atoms with Crippen molar-refractivity contribution >= 4 is 12.4 Å². The largest absolute Gasteiger partial charge is 0.339 e. The van der Waals surface area contributed by atoms with E-state index in [0.717, 1.165) is 24.9 Å². The zero-order valence-corrected chi connectivity index (χ0v) is 11.4. The molecule has 2 aromatic rings. The highest BCUT2D eigenvalue weighted by Gasteiger charge is 2.15. The van der Waals surface area contributed by atoms with E-state index in [-0.39, 0.29) is 12.4 Å². The fourth-order valence-corrected chi connectivity index (χ4v) is 2.27. The molecular formula is C13H17ClN4O. The van der Waals surface area contributed by atoms with Crippen LogP contribution >= 0.6 is 12.4 Å². The van der Waals surface area contributed by atoms with E-state index in [9.17, 15) is 0 Å². The molecule has 0 amide bonds. The number of rotatable bonds is 4. The molecule has 0 bridgehead atoms. The summed E-state index contributed by atoms with van der Waals surface area (Å²) >= 11 is 0. The first-order valence-corrected chi connectivity index (χ1v) is 6.38. The van der Waals surface area contributed by atoms with Crippen molar-refractivity contribution in [3.8, 4) is 11.4 Å². The SMILES string of the molecule is Cl.c1cncc(-c2noc(CCC3CCCN3)n2)c1. The fourth-order valence-electron chi connectivity index (χ4n) is 2.27. The summed E-state index contributed by atoms with van der Waals surface area (Å²) in [5, 5.41) is 7.45. The topological polar surface area (TPSA) is 63.8 Å². The smallest absolute Gasteiger partial charge is 0.227 e. The molecule has 1 aliphatic rings. The highest BCUT2D eigenvalue weighted by molar-refractivity contribution is 5.85. The van der Waals surface area contributed by atoms with E-state index in [4.69, 9.17) is 4.52 Å². The number of nitrogens with zero attached hydrogens (tertiary/aromatic N) is 3. The minimum Gasteiger partial charge on any atom is -0.339 e. The van der Waals surface area contributed by atoms with Gasteiger partial charge in [0, 0.05) is 30.4 Å². The number of aryl methyl sites for hydroxylation is 1. The van der Waals surface area contributed by atoms with Crippen molar-refractivity contribution in [1.29, 1.82) is 0 Å². The van der Waals surface area contributed by atoms with Gasteiger partial charge in [-0.1, -0.05) is 5.16 Å². The van der Waals surface area contributed by atoms with E-state index in [0.29, 0.717) is 17.8 Å². The molecule has 19 heavy (non-hydrogen) atoms. The van der Waals surface area contributed by atoms with Crippen molar-refractivity contribution in [3.63, 3.8) is 0 Å². The molecule has 1 saturated heterocycles. The Hall–Kier alpha value is -1.46. The zero-order chi connectivity index (χ0) is 12.2. The van der Waals surface area contributed by atoms with Crippen LogP contribution in [0.1, 0.15) is 25.2 Å². The van der Waals surface area contributed by atoms with Crippen LogP contribution in [-0.4, -0.2) is 27.7 Å². The maximum Gasteiger partial charge on any atom is 0.227 e. The van der Waals surface area contributed by atoms with Gasteiger partial charge in [-0.25, -0.2) is 0 Å². The van der Waals surface area contributed by atoms with Gasteiger partial charge >= 0.3 is 0 Å². The van der Waals surface area contributed by atoms with Crippen molar-refractivity contribution in [3.05, 3.63) is 30.4 Å². The quantitative estimate of drug-likeness (QED) is 0.930. The van der Waals surface area contributed by atoms with Crippen LogP contribution in [0.4, 0.5) is 0 Å². The molecule has 0 aromatic carbocycles. The Morgan fingerprint density at radius 1 is 1.42 bits per heavy atom. The van der Waals surface area contributed by atoms with Crippen LogP contribution in [0.15, 0.2) is 29.0 Å². The normalized spacial score (nSPS) is 18.2. The van der Waals surface area contributed by atoms with Crippen LogP contribution in [0, 0.1) is 0 Å². The Morgan fingerprint density at radius 2 is 2.37 bits per heavy atom. The summed E-state index contributed by atoms with van der Waals surface area (Å²) in [7, 11) is 0. The Balaban J connectivity index is 0.00000133. The number of halogens is 1. The summed E-state index contributed by atoms with van der Waals surface area (Å²) in [5.74, 6) is 1.33. The molecular weight excluding hydrogens is 264 g/mol. The molecule has 3 rings (SSSR count). The zero-order valence-electron chi connectivity index (χ0n) is 10.6. The average Bonchev–Trinajstić information content (AvgIpc) is 3.09. The molecule has 102 valence electrons. The first kappa shape index (κ1) is 14.0. The second-order valence-electron chi connectivity index (χ2n) is 4.59. The highest BCUT2D eigenvalue weighted by atomic mass is 35.5. The predicted molar refractivity (Wildman–Crippen MR) is 74.1 cm³/mol. The molecule has 3 heterocycles. The lowest BCUT2D eigenvalue weighted by molar-refractivity contribution is 0.369. The first-order chi connectivity index (χ1) is 8.92. The van der Waals surface area contributed by atoms with Crippen molar-refractivity contribution < 1.29 is 4.52 Å². The molecule has 1 aliphatic heterocycles. The maximum absolute atomic E-state index is 5.26. The Kier molecular flexibility index (Phi) is 4.87. The third-order valence-corrected chi connectivity index (χ3v) is 3.26. The maximum atomic E-state index is 5.26. The first-order valence-electron chi connectivity index (χ1n) is 6.38. The molecule has 0 saturated carbocycles. The van der Waals surface area contributed by atoms with E-state index in [1.165, 1.54) is 12.8 Å². The Labute approximate surface area is 118 Å². The van der Waals surface area contributed by atoms with Crippen LogP contribution in [0.5, 0.6) is 0 Å². The number of hydrogen-bond acceptors (Lipinski definition) is 5. The lowest BCUT2D eigenvalue weighted by atomic mass is 10.1. The van der Waals surface area contributed by atoms with Gasteiger partial charge in [0.25, 0.3) is 0 Å². The number of aromatic nitrogens is 3. The lowest BCUT2D eigenvalue weighted by Crippen LogP contribution is -2.21. The number of pyridine rings is 1. The molecule has 6 heteroatoms. The summed E-state index contributed by atoms with van der Waals surface area (Å²) in [6, 6.07) is 4.41. The van der Waals surface area contributed by atoms with Gasteiger partial charge in [0.05, 0.1) is 0 Å². The van der Waals surface area contributed by atoms with E-state index < -0.39 is 0 Å². The van der Waals surface area contributed by atoms with Gasteiger partial charge in [0.15, 0.2) is 0 Å². The molecule has 0 aliphatic carbocycles. The lowest BCUT2D eigenvalue weighted by Gasteiger charge is -2.06. The monoisotopic (exact) mass is 280 g/mol. The van der Waals surface area contributed by atoms with Gasteiger partial charge in [-0.2, -0.15) is 4.98 Å². The molecule has 1 unspecified atom stereocenters. The fraction of sp³-hybridized carbons (Fsp3) is 0.462. The standard InChI is InChI=1S/C13H16N4O.ClH/c1-3-10(9-14-7-1)13-16-12(18-17-13)6-5-11-4-2-8-15-11;/h1,3,7,9,11,15H,2,4-6,8H2;1H. The van der Waals surface area contributed by atoms with Crippen LogP contribution in [0.25, 0.3) is 11.4 Å². The molecule has 1 fully saturated rings. The summed E-state index contributed by atoms with van der Waals surface area (Å²) in [6.45, 7) is 1.13. The summed E-state index contributed by atoms with van der Waals surface area (Å²) in [5.41, 5.74) is 0.895. The van der Waals surface area contributed by atoms with Gasteiger partial charge in [-0.15, -0.1) is 12.4 Å². The minimum absolute atomic E-state index is 0. The second-order valence-corrected chi connectivity index (χ2v) is 4.59. The van der Waals surface area contributed by atoms with E-state index in [2.05, 4.69) is 20.4 Å². The Morgan fingerprint density at radius 3 is 3.11 bits per heavy atom. The van der Waals surface area contributed by atoms with Crippen LogP contribution in [0.3, 0.4) is 0 Å². The minimum atomic E-state index is 0. The predicted octanol–water partition coefficient (Wildman–Crippen LogP) is 2.24. The summed E-state index contributed by atoms with van der Waals surface area (Å²) < 4.78 is 5.26. The van der Waals surface area contributed by atoms with Gasteiger partial charge in [0.2, 0.25) is 11.7 Å². The van der Waals surface area contributed by atoms with Gasteiger partial charge < -0.3 is 9.84 Å². The van der Waals surface area contributed by atoms with Gasteiger partial charge in [0.1, 0.15) is 0 Å². The Bertz CT molecular complexity index is 496. The van der Waals surface area contributed by atoms with Gasteiger partial charge in [-0.3, -0.25) is 4.98 Å². The summed E-state index contributed by atoms with van der Waals surface area (Å²) in [6.07, 6.45) is 7.90. The van der Waals surface area contributed by atoms with Gasteiger partial charge in [-0.05, 0) is 37.9 Å². The van der Waals surface area contributed by atoms with E-state index >= 15 is 0 Å². The average molecular weight is 281 g/mol. The van der Waals surface area contributed by atoms with Crippen molar-refractivity contribution in [2.75, 3.05) is 6.54 Å². The molecule has 0 spiro atoms. The van der Waals surface area contributed by atoms with Crippen molar-refractivity contribution in [1.82, 2.24) is 20.4 Å². The molecule has 2 aromatic heterocycles. The van der Waals surface area contributed by atoms with E-state index in [1.54, 1.807) is 12.4 Å². The van der Waals surface area contributed by atoms with E-state index in [1.807, 2.05) is 12.1 Å². The molecule has 1 N–H and O–H groups in total. The van der Waals surface area contributed by atoms with Crippen LogP contribution < -0.4 is 5.32 Å². The van der Waals surface area contributed by atoms with Crippen molar-refractivity contribution in [2.24, 2.45) is 0 Å². The van der Waals surface area contributed by atoms with Crippen molar-refractivity contribution in [2.45, 2.75) is 31.7 Å². The third kappa shape index (κ3) is 3.52. The molecule has 0 radical (unpaired) electrons. The molecule has 1 atom stereocenters. The third-order valence-electron chi connectivity index (χ3n) is 3.26. The number of nitrogens with one attached hydrogen (secondary N) is 1. The summed E-state index contributed by atoms with van der Waals surface area (Å²) in [4.78, 5) is 8.44. The number of hydrogen-bond donors (Lipinski definition) is 1.